The fraction of sp³-hybridized carbons (Fsp3) is 0.579. The number of nitrogens with one attached hydrogen (secondary N) is 2. The first-order valence-corrected chi connectivity index (χ1v) is 8.74. The van der Waals surface area contributed by atoms with Crippen LogP contribution >= 0.6 is 12.4 Å². The molecule has 0 spiro atoms. The molecule has 1 aliphatic heterocycles. The maximum Gasteiger partial charge on any atom is 0.228 e. The molecule has 0 aliphatic carbocycles. The van der Waals surface area contributed by atoms with Gasteiger partial charge in [0.05, 0.1) is 6.42 Å². The van der Waals surface area contributed by atoms with Crippen LogP contribution in [0.25, 0.3) is 0 Å². The van der Waals surface area contributed by atoms with Gasteiger partial charge in [-0.3, -0.25) is 9.59 Å². The summed E-state index contributed by atoms with van der Waals surface area (Å²) in [5.74, 6) is 0.593. The second-order valence-electron chi connectivity index (χ2n) is 7.48. The maximum atomic E-state index is 12.2. The van der Waals surface area contributed by atoms with E-state index in [1.165, 1.54) is 5.56 Å². The van der Waals surface area contributed by atoms with Crippen molar-refractivity contribution in [1.82, 2.24) is 5.32 Å². The van der Waals surface area contributed by atoms with Gasteiger partial charge in [0, 0.05) is 24.2 Å². The highest BCUT2D eigenvalue weighted by molar-refractivity contribution is 5.99. The molecular formula is C19H30ClN3O2. The molecule has 2 rings (SSSR count). The lowest BCUT2D eigenvalue weighted by Crippen LogP contribution is -2.52. The van der Waals surface area contributed by atoms with Crippen LogP contribution in [0.4, 0.5) is 5.69 Å². The number of anilines is 1. The van der Waals surface area contributed by atoms with Gasteiger partial charge in [0.25, 0.3) is 0 Å². The SMILES string of the molecule is CC(C)CC(C)(CN)NC(=O)CCCc1ccc2c(c1)CC(=O)N2.Cl. The molecular weight excluding hydrogens is 338 g/mol. The second-order valence-corrected chi connectivity index (χ2v) is 7.48. The summed E-state index contributed by atoms with van der Waals surface area (Å²) in [4.78, 5) is 23.6. The Morgan fingerprint density at radius 3 is 2.76 bits per heavy atom. The van der Waals surface area contributed by atoms with Crippen molar-refractivity contribution in [1.29, 1.82) is 0 Å². The van der Waals surface area contributed by atoms with Crippen molar-refractivity contribution in [3.63, 3.8) is 0 Å². The van der Waals surface area contributed by atoms with Gasteiger partial charge in [-0.2, -0.15) is 0 Å². The van der Waals surface area contributed by atoms with E-state index in [2.05, 4.69) is 30.5 Å². The van der Waals surface area contributed by atoms with Crippen molar-refractivity contribution in [2.45, 2.75) is 58.4 Å². The van der Waals surface area contributed by atoms with Crippen LogP contribution in [0.2, 0.25) is 0 Å². The number of hydrogen-bond acceptors (Lipinski definition) is 3. The molecule has 140 valence electrons. The molecule has 1 aromatic carbocycles. The van der Waals surface area contributed by atoms with E-state index in [0.717, 1.165) is 30.5 Å². The van der Waals surface area contributed by atoms with Crippen LogP contribution < -0.4 is 16.4 Å². The van der Waals surface area contributed by atoms with E-state index in [-0.39, 0.29) is 29.8 Å². The number of carbonyl (C=O) groups excluding carboxylic acids is 2. The van der Waals surface area contributed by atoms with Crippen molar-refractivity contribution >= 4 is 29.9 Å². The molecule has 1 aliphatic rings. The van der Waals surface area contributed by atoms with E-state index >= 15 is 0 Å². The lowest BCUT2D eigenvalue weighted by atomic mass is 9.90. The van der Waals surface area contributed by atoms with E-state index in [9.17, 15) is 9.59 Å². The second kappa shape index (κ2) is 9.20. The van der Waals surface area contributed by atoms with Crippen LogP contribution in [-0.4, -0.2) is 23.9 Å². The average molecular weight is 368 g/mol. The number of rotatable bonds is 8. The molecule has 25 heavy (non-hydrogen) atoms. The summed E-state index contributed by atoms with van der Waals surface area (Å²) in [5, 5.41) is 5.92. The summed E-state index contributed by atoms with van der Waals surface area (Å²) in [5.41, 5.74) is 8.64. The van der Waals surface area contributed by atoms with Crippen LogP contribution in [0.15, 0.2) is 18.2 Å². The van der Waals surface area contributed by atoms with E-state index in [0.29, 0.717) is 25.3 Å². The Kier molecular flexibility index (Phi) is 7.90. The van der Waals surface area contributed by atoms with Crippen molar-refractivity contribution in [2.24, 2.45) is 11.7 Å². The third-order valence-electron chi connectivity index (χ3n) is 4.41. The van der Waals surface area contributed by atoms with Crippen LogP contribution in [0.5, 0.6) is 0 Å². The Bertz CT molecular complexity index is 619. The third-order valence-corrected chi connectivity index (χ3v) is 4.41. The summed E-state index contributed by atoms with van der Waals surface area (Å²) in [6, 6.07) is 6.03. The van der Waals surface area contributed by atoms with Gasteiger partial charge in [-0.1, -0.05) is 26.0 Å². The van der Waals surface area contributed by atoms with Crippen molar-refractivity contribution < 1.29 is 9.59 Å². The number of carbonyl (C=O) groups is 2. The minimum atomic E-state index is -0.329. The minimum absolute atomic E-state index is 0. The largest absolute Gasteiger partial charge is 0.350 e. The van der Waals surface area contributed by atoms with Crippen LogP contribution in [-0.2, 0) is 22.4 Å². The average Bonchev–Trinajstić information content (AvgIpc) is 2.85. The first-order chi connectivity index (χ1) is 11.3. The Balaban J connectivity index is 0.00000312. The van der Waals surface area contributed by atoms with Crippen LogP contribution in [0.3, 0.4) is 0 Å². The number of fused-ring (bicyclic) bond motifs is 1. The van der Waals surface area contributed by atoms with Gasteiger partial charge >= 0.3 is 0 Å². The van der Waals surface area contributed by atoms with Crippen molar-refractivity contribution in [2.75, 3.05) is 11.9 Å². The van der Waals surface area contributed by atoms with Crippen molar-refractivity contribution in [3.05, 3.63) is 29.3 Å². The summed E-state index contributed by atoms with van der Waals surface area (Å²) in [7, 11) is 0. The predicted octanol–water partition coefficient (Wildman–Crippen LogP) is 2.81. The molecule has 1 unspecified atom stereocenters. The quantitative estimate of drug-likeness (QED) is 0.660. The topological polar surface area (TPSA) is 84.2 Å². The monoisotopic (exact) mass is 367 g/mol. The Hall–Kier alpha value is -1.59. The lowest BCUT2D eigenvalue weighted by Gasteiger charge is -2.31. The van der Waals surface area contributed by atoms with Gasteiger partial charge < -0.3 is 16.4 Å². The fourth-order valence-corrected chi connectivity index (χ4v) is 3.38. The highest BCUT2D eigenvalue weighted by atomic mass is 35.5. The molecule has 0 saturated heterocycles. The van der Waals surface area contributed by atoms with Gasteiger partial charge in [0.1, 0.15) is 0 Å². The zero-order valence-corrected chi connectivity index (χ0v) is 16.2. The van der Waals surface area contributed by atoms with Crippen LogP contribution in [0.1, 0.15) is 51.2 Å². The summed E-state index contributed by atoms with van der Waals surface area (Å²) < 4.78 is 0. The summed E-state index contributed by atoms with van der Waals surface area (Å²) in [6.45, 7) is 6.72. The Morgan fingerprint density at radius 1 is 1.40 bits per heavy atom. The fourth-order valence-electron chi connectivity index (χ4n) is 3.38. The number of benzene rings is 1. The van der Waals surface area contributed by atoms with Crippen molar-refractivity contribution in [3.8, 4) is 0 Å². The molecule has 6 heteroatoms. The highest BCUT2D eigenvalue weighted by Crippen LogP contribution is 2.24. The zero-order chi connectivity index (χ0) is 17.7. The molecule has 1 heterocycles. The molecule has 0 aromatic heterocycles. The van der Waals surface area contributed by atoms with E-state index in [1.54, 1.807) is 0 Å². The molecule has 4 N–H and O–H groups in total. The number of halogens is 1. The summed E-state index contributed by atoms with van der Waals surface area (Å²) >= 11 is 0. The van der Waals surface area contributed by atoms with Gasteiger partial charge in [-0.05, 0) is 49.3 Å². The zero-order valence-electron chi connectivity index (χ0n) is 15.4. The van der Waals surface area contributed by atoms with E-state index in [4.69, 9.17) is 5.73 Å². The molecule has 1 atom stereocenters. The van der Waals surface area contributed by atoms with E-state index < -0.39 is 0 Å². The minimum Gasteiger partial charge on any atom is -0.350 e. The first-order valence-electron chi connectivity index (χ1n) is 8.74. The first kappa shape index (κ1) is 21.5. The standard InChI is InChI=1S/C19H29N3O2.ClH/c1-13(2)11-19(3,12-20)22-17(23)6-4-5-14-7-8-16-15(9-14)10-18(24)21-16;/h7-9,13H,4-6,10-12,20H2,1-3H3,(H,21,24)(H,22,23);1H. The molecule has 1 aromatic rings. The molecule has 5 nitrogen and oxygen atoms in total. The maximum absolute atomic E-state index is 12.2. The normalized spacial score (nSPS) is 15.2. The van der Waals surface area contributed by atoms with Gasteiger partial charge in [0.15, 0.2) is 0 Å². The number of aryl methyl sites for hydroxylation is 1. The molecule has 0 bridgehead atoms. The number of hydrogen-bond donors (Lipinski definition) is 3. The van der Waals surface area contributed by atoms with E-state index in [1.807, 2.05) is 19.1 Å². The molecule has 0 fully saturated rings. The van der Waals surface area contributed by atoms with Gasteiger partial charge in [0.2, 0.25) is 11.8 Å². The number of nitrogens with two attached hydrogens (primary N) is 1. The lowest BCUT2D eigenvalue weighted by molar-refractivity contribution is -0.123. The third kappa shape index (κ3) is 6.33. The molecule has 2 amide bonds. The smallest absolute Gasteiger partial charge is 0.228 e. The molecule has 0 saturated carbocycles. The predicted molar refractivity (Wildman–Crippen MR) is 104 cm³/mol. The van der Waals surface area contributed by atoms with Gasteiger partial charge in [-0.15, -0.1) is 12.4 Å². The number of amides is 2. The molecule has 0 radical (unpaired) electrons. The van der Waals surface area contributed by atoms with Crippen LogP contribution in [0, 0.1) is 5.92 Å². The highest BCUT2D eigenvalue weighted by Gasteiger charge is 2.25. The Labute approximate surface area is 156 Å². The Morgan fingerprint density at radius 2 is 2.12 bits per heavy atom. The van der Waals surface area contributed by atoms with Gasteiger partial charge in [-0.25, -0.2) is 0 Å². The summed E-state index contributed by atoms with van der Waals surface area (Å²) in [6.07, 6.45) is 3.43.